The number of carboxylic acid groups (broad SMARTS) is 1. The molecule has 0 saturated carbocycles. The van der Waals surface area contributed by atoms with E-state index in [1.807, 2.05) is 0 Å². The molecule has 0 bridgehead atoms. The number of hydrogen-bond donors (Lipinski definition) is 3. The Labute approximate surface area is 168 Å². The van der Waals surface area contributed by atoms with Gasteiger partial charge in [0.2, 0.25) is 0 Å². The molecule has 1 aliphatic heterocycles. The lowest BCUT2D eigenvalue weighted by molar-refractivity contribution is -0.137. The minimum Gasteiger partial charge on any atom is -0.477 e. The Morgan fingerprint density at radius 2 is 1.93 bits per heavy atom. The van der Waals surface area contributed by atoms with Crippen molar-refractivity contribution in [3.05, 3.63) is 40.9 Å². The third-order valence-corrected chi connectivity index (χ3v) is 5.55. The molecule has 1 aromatic heterocycles. The molecule has 0 unspecified atom stereocenters. The second-order valence-corrected chi connectivity index (χ2v) is 7.65. The van der Waals surface area contributed by atoms with Crippen molar-refractivity contribution in [1.82, 2.24) is 9.88 Å². The van der Waals surface area contributed by atoms with Gasteiger partial charge in [-0.3, -0.25) is 5.32 Å². The van der Waals surface area contributed by atoms with Gasteiger partial charge in [-0.25, -0.2) is 14.6 Å². The van der Waals surface area contributed by atoms with E-state index in [0.717, 1.165) is 17.4 Å². The fourth-order valence-corrected chi connectivity index (χ4v) is 3.73. The maximum atomic E-state index is 13.1. The number of aromatic carboxylic acids is 1. The lowest BCUT2D eigenvalue weighted by atomic mass is 9.96. The summed E-state index contributed by atoms with van der Waals surface area (Å²) in [5, 5.41) is 14.5. The number of halogens is 3. The summed E-state index contributed by atoms with van der Waals surface area (Å²) in [6, 6.07) is 4.99. The first kappa shape index (κ1) is 20.9. The Bertz CT molecular complexity index is 879. The lowest BCUT2D eigenvalue weighted by Crippen LogP contribution is -2.42. The zero-order valence-corrected chi connectivity index (χ0v) is 16.0. The maximum absolute atomic E-state index is 13.1. The highest BCUT2D eigenvalue weighted by Gasteiger charge is 2.33. The number of carboxylic acids is 1. The third-order valence-electron chi connectivity index (χ3n) is 4.65. The van der Waals surface area contributed by atoms with Crippen molar-refractivity contribution in [2.24, 2.45) is 5.92 Å². The largest absolute Gasteiger partial charge is 0.477 e. The highest BCUT2D eigenvalue weighted by Crippen LogP contribution is 2.34. The van der Waals surface area contributed by atoms with Crippen molar-refractivity contribution >= 4 is 34.2 Å². The first-order valence-electron chi connectivity index (χ1n) is 8.89. The molecule has 3 rings (SSSR count). The summed E-state index contributed by atoms with van der Waals surface area (Å²) in [5.41, 5.74) is -0.640. The third kappa shape index (κ3) is 5.37. The molecule has 11 heteroatoms. The first-order valence-corrected chi connectivity index (χ1v) is 9.71. The standard InChI is InChI=1S/C18H19F3N4O3S/c19-18(20,21)12-3-1-2-4-13(12)22-9-11-5-7-25(8-6-11)17(28)24-16-23-10-14(29-16)15(26)27/h1-4,10-11,22H,5-9H2,(H,26,27)(H,23,24,28). The van der Waals surface area contributed by atoms with Gasteiger partial charge in [0, 0.05) is 25.3 Å². The topological polar surface area (TPSA) is 94.6 Å². The number of hydrogen-bond acceptors (Lipinski definition) is 5. The number of urea groups is 1. The summed E-state index contributed by atoms with van der Waals surface area (Å²) in [5.74, 6) is -0.970. The number of piperidine rings is 1. The van der Waals surface area contributed by atoms with Crippen molar-refractivity contribution < 1.29 is 27.9 Å². The smallest absolute Gasteiger partial charge is 0.418 e. The van der Waals surface area contributed by atoms with Crippen LogP contribution in [0.15, 0.2) is 30.5 Å². The zero-order chi connectivity index (χ0) is 21.0. The van der Waals surface area contributed by atoms with E-state index in [2.05, 4.69) is 15.6 Å². The Hall–Kier alpha value is -2.82. The van der Waals surface area contributed by atoms with Gasteiger partial charge in [0.15, 0.2) is 5.13 Å². The molecule has 3 N–H and O–H groups in total. The average Bonchev–Trinajstić information content (AvgIpc) is 3.15. The van der Waals surface area contributed by atoms with Crippen LogP contribution < -0.4 is 10.6 Å². The summed E-state index contributed by atoms with van der Waals surface area (Å²) >= 11 is 0.872. The molecule has 2 aromatic rings. The van der Waals surface area contributed by atoms with E-state index in [9.17, 15) is 22.8 Å². The summed E-state index contributed by atoms with van der Waals surface area (Å²) in [6.07, 6.45) is -1.94. The molecule has 0 atom stereocenters. The molecule has 156 valence electrons. The molecule has 2 amide bonds. The van der Waals surface area contributed by atoms with Crippen LogP contribution in [0.25, 0.3) is 0 Å². The normalized spacial score (nSPS) is 15.2. The number of nitrogens with zero attached hydrogens (tertiary/aromatic N) is 2. The number of likely N-dealkylation sites (tertiary alicyclic amines) is 1. The first-order chi connectivity index (χ1) is 13.7. The monoisotopic (exact) mass is 428 g/mol. The fraction of sp³-hybridized carbons (Fsp3) is 0.389. The number of benzene rings is 1. The molecule has 2 heterocycles. The molecule has 0 aliphatic carbocycles. The molecule has 7 nitrogen and oxygen atoms in total. The number of nitrogens with one attached hydrogen (secondary N) is 2. The van der Waals surface area contributed by atoms with Crippen molar-refractivity contribution in [2.45, 2.75) is 19.0 Å². The molecule has 1 fully saturated rings. The van der Waals surface area contributed by atoms with Crippen LogP contribution >= 0.6 is 11.3 Å². The lowest BCUT2D eigenvalue weighted by Gasteiger charge is -2.32. The van der Waals surface area contributed by atoms with E-state index in [1.165, 1.54) is 18.3 Å². The molecular formula is C18H19F3N4O3S. The minimum atomic E-state index is -4.42. The van der Waals surface area contributed by atoms with Gasteiger partial charge >= 0.3 is 18.2 Å². The highest BCUT2D eigenvalue weighted by atomic mass is 32.1. The van der Waals surface area contributed by atoms with Crippen LogP contribution in [0.2, 0.25) is 0 Å². The molecule has 0 spiro atoms. The van der Waals surface area contributed by atoms with E-state index < -0.39 is 17.7 Å². The maximum Gasteiger partial charge on any atom is 0.418 e. The Balaban J connectivity index is 1.48. The van der Waals surface area contributed by atoms with Crippen molar-refractivity contribution in [3.63, 3.8) is 0 Å². The molecule has 29 heavy (non-hydrogen) atoms. The average molecular weight is 428 g/mol. The van der Waals surface area contributed by atoms with Crippen LogP contribution in [0.5, 0.6) is 0 Å². The number of aromatic nitrogens is 1. The molecule has 1 aromatic carbocycles. The number of amides is 2. The second kappa shape index (κ2) is 8.68. The fourth-order valence-electron chi connectivity index (χ4n) is 3.08. The molecule has 1 aliphatic rings. The van der Waals surface area contributed by atoms with Gasteiger partial charge in [0.05, 0.1) is 11.8 Å². The number of para-hydroxylation sites is 1. The van der Waals surface area contributed by atoms with Gasteiger partial charge in [0.1, 0.15) is 4.88 Å². The Kier molecular flexibility index (Phi) is 6.26. The molecule has 0 radical (unpaired) electrons. The zero-order valence-electron chi connectivity index (χ0n) is 15.2. The Morgan fingerprint density at radius 3 is 2.55 bits per heavy atom. The number of thiazole rings is 1. The number of carbonyl (C=O) groups is 2. The number of carbonyl (C=O) groups excluding carboxylic acids is 1. The summed E-state index contributed by atoms with van der Waals surface area (Å²) in [6.45, 7) is 1.30. The van der Waals surface area contributed by atoms with E-state index >= 15 is 0 Å². The van der Waals surface area contributed by atoms with E-state index in [1.54, 1.807) is 11.0 Å². The predicted molar refractivity (Wildman–Crippen MR) is 102 cm³/mol. The summed E-state index contributed by atoms with van der Waals surface area (Å²) in [7, 11) is 0. The Morgan fingerprint density at radius 1 is 1.24 bits per heavy atom. The van der Waals surface area contributed by atoms with E-state index in [4.69, 9.17) is 5.11 Å². The van der Waals surface area contributed by atoms with Crippen molar-refractivity contribution in [3.8, 4) is 0 Å². The van der Waals surface area contributed by atoms with Gasteiger partial charge in [-0.1, -0.05) is 23.5 Å². The minimum absolute atomic E-state index is 0.0317. The van der Waals surface area contributed by atoms with Crippen LogP contribution in [-0.2, 0) is 6.18 Å². The van der Waals surface area contributed by atoms with Gasteiger partial charge in [-0.05, 0) is 30.9 Å². The van der Waals surface area contributed by atoms with Gasteiger partial charge in [-0.15, -0.1) is 0 Å². The number of alkyl halides is 3. The number of anilines is 2. The van der Waals surface area contributed by atoms with Crippen molar-refractivity contribution in [1.29, 1.82) is 0 Å². The van der Waals surface area contributed by atoms with E-state index in [-0.39, 0.29) is 27.6 Å². The number of rotatable bonds is 5. The van der Waals surface area contributed by atoms with Gasteiger partial charge in [-0.2, -0.15) is 13.2 Å². The van der Waals surface area contributed by atoms with E-state index in [0.29, 0.717) is 32.5 Å². The summed E-state index contributed by atoms with van der Waals surface area (Å²) in [4.78, 5) is 28.6. The van der Waals surface area contributed by atoms with Crippen LogP contribution in [0.4, 0.5) is 28.8 Å². The van der Waals surface area contributed by atoms with Crippen molar-refractivity contribution in [2.75, 3.05) is 30.3 Å². The van der Waals surface area contributed by atoms with Crippen LogP contribution in [0.3, 0.4) is 0 Å². The molecular weight excluding hydrogens is 409 g/mol. The van der Waals surface area contributed by atoms with Gasteiger partial charge < -0.3 is 15.3 Å². The second-order valence-electron chi connectivity index (χ2n) is 6.62. The van der Waals surface area contributed by atoms with Crippen LogP contribution in [-0.4, -0.2) is 46.6 Å². The predicted octanol–water partition coefficient (Wildman–Crippen LogP) is 4.22. The highest BCUT2D eigenvalue weighted by molar-refractivity contribution is 7.17. The van der Waals surface area contributed by atoms with Crippen LogP contribution in [0, 0.1) is 5.92 Å². The quantitative estimate of drug-likeness (QED) is 0.663. The molecule has 1 saturated heterocycles. The van der Waals surface area contributed by atoms with Gasteiger partial charge in [0.25, 0.3) is 0 Å². The summed E-state index contributed by atoms with van der Waals surface area (Å²) < 4.78 is 39.2. The SMILES string of the molecule is O=C(O)c1cnc(NC(=O)N2CCC(CNc3ccccc3C(F)(F)F)CC2)s1. The van der Waals surface area contributed by atoms with Crippen LogP contribution in [0.1, 0.15) is 28.1 Å².